The Balaban J connectivity index is 2.39. The minimum absolute atomic E-state index is 0.875. The summed E-state index contributed by atoms with van der Waals surface area (Å²) in [6, 6.07) is 13.1. The summed E-state index contributed by atoms with van der Waals surface area (Å²) in [7, 11) is 2.13. The Morgan fingerprint density at radius 1 is 1.05 bits per heavy atom. The molecular formula is C18H23BrN2. The Hall–Kier alpha value is -1.32. The molecule has 0 radical (unpaired) electrons. The van der Waals surface area contributed by atoms with Gasteiger partial charge in [-0.25, -0.2) is 0 Å². The molecule has 2 aromatic carbocycles. The second kappa shape index (κ2) is 7.10. The number of aryl methyl sites for hydroxylation is 2. The SMILES string of the molecule is CCNCc1cc(Br)ccc1N(C)c1cc(C)cc(C)c1. The van der Waals surface area contributed by atoms with Crippen molar-refractivity contribution in [3.8, 4) is 0 Å². The van der Waals surface area contributed by atoms with Crippen LogP contribution in [0, 0.1) is 13.8 Å². The van der Waals surface area contributed by atoms with Gasteiger partial charge in [0.25, 0.3) is 0 Å². The van der Waals surface area contributed by atoms with E-state index in [9.17, 15) is 0 Å². The standard InChI is InChI=1S/C18H23BrN2/c1-5-20-12-15-11-16(19)6-7-18(15)21(4)17-9-13(2)8-14(3)10-17/h6-11,20H,5,12H2,1-4H3. The molecule has 2 aromatic rings. The van der Waals surface area contributed by atoms with E-state index < -0.39 is 0 Å². The fraction of sp³-hybridized carbons (Fsp3) is 0.333. The predicted molar refractivity (Wildman–Crippen MR) is 95.5 cm³/mol. The van der Waals surface area contributed by atoms with Crippen LogP contribution in [0.4, 0.5) is 11.4 Å². The van der Waals surface area contributed by atoms with Crippen molar-refractivity contribution in [2.45, 2.75) is 27.3 Å². The van der Waals surface area contributed by atoms with Gasteiger partial charge in [-0.3, -0.25) is 0 Å². The summed E-state index contributed by atoms with van der Waals surface area (Å²) in [5, 5.41) is 3.41. The maximum Gasteiger partial charge on any atom is 0.0454 e. The van der Waals surface area contributed by atoms with Crippen LogP contribution in [-0.4, -0.2) is 13.6 Å². The molecule has 0 fully saturated rings. The summed E-state index contributed by atoms with van der Waals surface area (Å²) in [5.41, 5.74) is 6.36. The summed E-state index contributed by atoms with van der Waals surface area (Å²) in [6.07, 6.45) is 0. The van der Waals surface area contributed by atoms with Crippen molar-refractivity contribution < 1.29 is 0 Å². The summed E-state index contributed by atoms with van der Waals surface area (Å²) < 4.78 is 1.12. The number of halogens is 1. The number of rotatable bonds is 5. The molecular weight excluding hydrogens is 324 g/mol. The highest BCUT2D eigenvalue weighted by molar-refractivity contribution is 9.10. The van der Waals surface area contributed by atoms with Crippen molar-refractivity contribution in [2.24, 2.45) is 0 Å². The first kappa shape index (κ1) is 16.1. The van der Waals surface area contributed by atoms with Gasteiger partial charge < -0.3 is 10.2 Å². The van der Waals surface area contributed by atoms with Crippen LogP contribution in [0.5, 0.6) is 0 Å². The molecule has 0 saturated heterocycles. The number of nitrogens with zero attached hydrogens (tertiary/aromatic N) is 1. The van der Waals surface area contributed by atoms with Crippen molar-refractivity contribution in [3.05, 3.63) is 57.6 Å². The van der Waals surface area contributed by atoms with Crippen molar-refractivity contribution in [3.63, 3.8) is 0 Å². The first-order valence-corrected chi connectivity index (χ1v) is 8.11. The third-order valence-electron chi connectivity index (χ3n) is 3.56. The van der Waals surface area contributed by atoms with Crippen molar-refractivity contribution in [2.75, 3.05) is 18.5 Å². The number of benzene rings is 2. The Morgan fingerprint density at radius 3 is 2.33 bits per heavy atom. The van der Waals surface area contributed by atoms with Crippen LogP contribution in [0.25, 0.3) is 0 Å². The second-order valence-corrected chi connectivity index (χ2v) is 6.37. The molecule has 0 unspecified atom stereocenters. The van der Waals surface area contributed by atoms with E-state index in [0.29, 0.717) is 0 Å². The van der Waals surface area contributed by atoms with Crippen LogP contribution in [0.15, 0.2) is 40.9 Å². The van der Waals surface area contributed by atoms with E-state index in [1.807, 2.05) is 0 Å². The van der Waals surface area contributed by atoms with Crippen LogP contribution in [-0.2, 0) is 6.54 Å². The highest BCUT2D eigenvalue weighted by Gasteiger charge is 2.10. The average Bonchev–Trinajstić information content (AvgIpc) is 2.43. The predicted octanol–water partition coefficient (Wildman–Crippen LogP) is 4.94. The molecule has 112 valence electrons. The van der Waals surface area contributed by atoms with E-state index in [-0.39, 0.29) is 0 Å². The lowest BCUT2D eigenvalue weighted by atomic mass is 10.1. The maximum atomic E-state index is 3.57. The molecule has 2 rings (SSSR count). The fourth-order valence-corrected chi connectivity index (χ4v) is 2.97. The van der Waals surface area contributed by atoms with Crippen LogP contribution in [0.1, 0.15) is 23.6 Å². The molecule has 0 amide bonds. The molecule has 3 heteroatoms. The van der Waals surface area contributed by atoms with E-state index in [2.05, 4.69) is 90.4 Å². The first-order valence-electron chi connectivity index (χ1n) is 7.32. The zero-order valence-electron chi connectivity index (χ0n) is 13.2. The van der Waals surface area contributed by atoms with Gasteiger partial charge in [-0.1, -0.05) is 28.9 Å². The largest absolute Gasteiger partial charge is 0.344 e. The Labute approximate surface area is 136 Å². The van der Waals surface area contributed by atoms with Gasteiger partial charge in [0.2, 0.25) is 0 Å². The van der Waals surface area contributed by atoms with Crippen molar-refractivity contribution >= 4 is 27.3 Å². The van der Waals surface area contributed by atoms with Gasteiger partial charge in [0.15, 0.2) is 0 Å². The number of hydrogen-bond acceptors (Lipinski definition) is 2. The lowest BCUT2D eigenvalue weighted by Gasteiger charge is -2.24. The molecule has 2 nitrogen and oxygen atoms in total. The molecule has 0 saturated carbocycles. The van der Waals surface area contributed by atoms with Gasteiger partial charge in [0.1, 0.15) is 0 Å². The minimum atomic E-state index is 0.875. The second-order valence-electron chi connectivity index (χ2n) is 5.46. The normalized spacial score (nSPS) is 10.7. The first-order chi connectivity index (χ1) is 10.0. The Kier molecular flexibility index (Phi) is 5.43. The van der Waals surface area contributed by atoms with E-state index in [1.165, 1.54) is 28.1 Å². The quantitative estimate of drug-likeness (QED) is 0.824. The summed E-state index contributed by atoms with van der Waals surface area (Å²) in [6.45, 7) is 8.27. The van der Waals surface area contributed by atoms with Gasteiger partial charge in [-0.15, -0.1) is 0 Å². The van der Waals surface area contributed by atoms with E-state index in [1.54, 1.807) is 0 Å². The lowest BCUT2D eigenvalue weighted by Crippen LogP contribution is -2.17. The topological polar surface area (TPSA) is 15.3 Å². The average molecular weight is 347 g/mol. The van der Waals surface area contributed by atoms with Gasteiger partial charge in [-0.2, -0.15) is 0 Å². The minimum Gasteiger partial charge on any atom is -0.344 e. The van der Waals surface area contributed by atoms with Crippen molar-refractivity contribution in [1.82, 2.24) is 5.32 Å². The molecule has 21 heavy (non-hydrogen) atoms. The Bertz CT molecular complexity index is 602. The highest BCUT2D eigenvalue weighted by Crippen LogP contribution is 2.30. The fourth-order valence-electron chi connectivity index (χ4n) is 2.57. The van der Waals surface area contributed by atoms with Crippen LogP contribution in [0.2, 0.25) is 0 Å². The zero-order valence-corrected chi connectivity index (χ0v) is 14.8. The van der Waals surface area contributed by atoms with E-state index in [4.69, 9.17) is 0 Å². The molecule has 0 aliphatic rings. The van der Waals surface area contributed by atoms with Crippen molar-refractivity contribution in [1.29, 1.82) is 0 Å². The number of nitrogens with one attached hydrogen (secondary N) is 1. The van der Waals surface area contributed by atoms with Gasteiger partial charge in [-0.05, 0) is 67.4 Å². The molecule has 0 aliphatic heterocycles. The number of anilines is 2. The smallest absolute Gasteiger partial charge is 0.0454 e. The van der Waals surface area contributed by atoms with Gasteiger partial charge >= 0.3 is 0 Å². The van der Waals surface area contributed by atoms with Crippen LogP contribution < -0.4 is 10.2 Å². The zero-order chi connectivity index (χ0) is 15.4. The third kappa shape index (κ3) is 4.08. The monoisotopic (exact) mass is 346 g/mol. The third-order valence-corrected chi connectivity index (χ3v) is 4.06. The van der Waals surface area contributed by atoms with E-state index >= 15 is 0 Å². The summed E-state index contributed by atoms with van der Waals surface area (Å²) in [5.74, 6) is 0. The molecule has 0 aromatic heterocycles. The number of hydrogen-bond donors (Lipinski definition) is 1. The Morgan fingerprint density at radius 2 is 1.71 bits per heavy atom. The van der Waals surface area contributed by atoms with E-state index in [0.717, 1.165) is 17.6 Å². The molecule has 1 N–H and O–H groups in total. The molecule has 0 aliphatic carbocycles. The maximum absolute atomic E-state index is 3.57. The molecule has 0 heterocycles. The highest BCUT2D eigenvalue weighted by atomic mass is 79.9. The van der Waals surface area contributed by atoms with Crippen LogP contribution in [0.3, 0.4) is 0 Å². The molecule has 0 spiro atoms. The lowest BCUT2D eigenvalue weighted by molar-refractivity contribution is 0.726. The molecule has 0 bridgehead atoms. The van der Waals surface area contributed by atoms with Gasteiger partial charge in [0, 0.05) is 29.4 Å². The van der Waals surface area contributed by atoms with Crippen LogP contribution >= 0.6 is 15.9 Å². The van der Waals surface area contributed by atoms with Gasteiger partial charge in [0.05, 0.1) is 0 Å². The summed E-state index contributed by atoms with van der Waals surface area (Å²) in [4.78, 5) is 2.26. The summed E-state index contributed by atoms with van der Waals surface area (Å²) >= 11 is 3.57. The molecule has 0 atom stereocenters.